The van der Waals surface area contributed by atoms with Crippen molar-refractivity contribution in [2.24, 2.45) is 17.8 Å². The van der Waals surface area contributed by atoms with Crippen LogP contribution in [0.5, 0.6) is 0 Å². The van der Waals surface area contributed by atoms with Crippen molar-refractivity contribution >= 4 is 29.2 Å². The van der Waals surface area contributed by atoms with Gasteiger partial charge in [0.1, 0.15) is 22.6 Å². The lowest BCUT2D eigenvalue weighted by atomic mass is 9.56. The molecule has 4 aliphatic carbocycles. The molecule has 4 aliphatic rings. The molecule has 0 spiro atoms. The first-order chi connectivity index (χ1) is 18.7. The Hall–Kier alpha value is -3.54. The number of nitrogens with zero attached hydrogens (tertiary/aromatic N) is 1. The number of nitrogens with one attached hydrogen (secondary N) is 2. The average Bonchev–Trinajstić information content (AvgIpc) is 3.36. The minimum absolute atomic E-state index is 0.0611. The molecule has 0 heterocycles. The van der Waals surface area contributed by atoms with Gasteiger partial charge in [0, 0.05) is 17.1 Å². The zero-order valence-electron chi connectivity index (χ0n) is 22.9. The van der Waals surface area contributed by atoms with E-state index in [-0.39, 0.29) is 30.6 Å². The number of hydrogen-bond acceptors (Lipinski definition) is 9. The van der Waals surface area contributed by atoms with Gasteiger partial charge in [0.15, 0.2) is 11.6 Å². The predicted molar refractivity (Wildman–Crippen MR) is 143 cm³/mol. The molecule has 1 aromatic rings. The van der Waals surface area contributed by atoms with Gasteiger partial charge in [-0.15, -0.1) is 0 Å². The number of fused-ring (bicyclic) bond motifs is 3. The Kier molecular flexibility index (Phi) is 6.67. The lowest BCUT2D eigenvalue weighted by Gasteiger charge is -2.50. The van der Waals surface area contributed by atoms with Crippen molar-refractivity contribution in [3.63, 3.8) is 0 Å². The molecule has 11 nitrogen and oxygen atoms in total. The molecule has 5 atom stereocenters. The summed E-state index contributed by atoms with van der Waals surface area (Å²) in [6, 6.07) is 4.28. The van der Waals surface area contributed by atoms with E-state index in [2.05, 4.69) is 10.9 Å². The number of ketones is 2. The van der Waals surface area contributed by atoms with Gasteiger partial charge in [-0.3, -0.25) is 29.5 Å². The van der Waals surface area contributed by atoms with E-state index in [1.54, 1.807) is 51.0 Å². The van der Waals surface area contributed by atoms with Crippen LogP contribution < -0.4 is 10.9 Å². The molecule has 2 saturated carbocycles. The molecule has 1 amide bonds. The summed E-state index contributed by atoms with van der Waals surface area (Å²) >= 11 is 0. The number of likely N-dealkylation sites (N-methyl/N-ethyl adjacent to an activating group) is 1. The Balaban J connectivity index is 1.57. The first-order valence-corrected chi connectivity index (χ1v) is 13.5. The minimum atomic E-state index is -1.54. The Labute approximate surface area is 231 Å². The Morgan fingerprint density at radius 2 is 1.73 bits per heavy atom. The van der Waals surface area contributed by atoms with Gasteiger partial charge in [0.2, 0.25) is 0 Å². The van der Waals surface area contributed by atoms with Gasteiger partial charge in [0.25, 0.3) is 5.91 Å². The zero-order chi connectivity index (χ0) is 29.3. The third kappa shape index (κ3) is 3.90. The maximum atomic E-state index is 14.1. The molecule has 0 radical (unpaired) electrons. The number of aryl methyl sites for hydroxylation is 1. The summed E-state index contributed by atoms with van der Waals surface area (Å²) in [5.41, 5.74) is 2.71. The van der Waals surface area contributed by atoms with Crippen LogP contribution in [0.15, 0.2) is 35.1 Å². The van der Waals surface area contributed by atoms with Crippen LogP contribution in [0, 0.1) is 24.7 Å². The van der Waals surface area contributed by atoms with Crippen molar-refractivity contribution in [2.75, 3.05) is 14.1 Å². The highest BCUT2D eigenvalue weighted by Crippen LogP contribution is 2.54. The number of aliphatic hydroxyl groups excluding tert-OH is 2. The number of hydrazine groups is 1. The van der Waals surface area contributed by atoms with Crippen LogP contribution in [0.25, 0.3) is 5.76 Å². The Bertz CT molecular complexity index is 1390. The maximum Gasteiger partial charge on any atom is 0.325 e. The fourth-order valence-electron chi connectivity index (χ4n) is 7.30. The van der Waals surface area contributed by atoms with Gasteiger partial charge >= 0.3 is 5.97 Å². The van der Waals surface area contributed by atoms with E-state index in [4.69, 9.17) is 0 Å². The molecule has 2 fully saturated rings. The monoisotopic (exact) mass is 553 g/mol. The number of rotatable bonds is 5. The highest BCUT2D eigenvalue weighted by atomic mass is 16.4. The number of aliphatic hydroxyl groups is 3. The highest BCUT2D eigenvalue weighted by Gasteiger charge is 2.59. The van der Waals surface area contributed by atoms with E-state index < -0.39 is 69.7 Å². The second kappa shape index (κ2) is 9.53. The molecular formula is C29H35N3O8. The predicted octanol–water partition coefficient (Wildman–Crippen LogP) is 1.65. The van der Waals surface area contributed by atoms with Crippen LogP contribution in [-0.4, -0.2) is 74.4 Å². The van der Waals surface area contributed by atoms with Crippen molar-refractivity contribution in [3.8, 4) is 0 Å². The minimum Gasteiger partial charge on any atom is -0.510 e. The molecule has 2 unspecified atom stereocenters. The van der Waals surface area contributed by atoms with Gasteiger partial charge in [-0.1, -0.05) is 31.0 Å². The number of Topliss-reactive ketones (excluding diaryl/α,β-unsaturated/α-hetero) is 2. The van der Waals surface area contributed by atoms with Gasteiger partial charge in [-0.2, -0.15) is 0 Å². The average molecular weight is 554 g/mol. The molecule has 1 aromatic carbocycles. The number of carbonyl (C=O) groups excluding carboxylic acids is 3. The standard InChI is InChI=1S/C29H35N3O8/c1-13-8-7-9-15-17(13)22(33)19-16(28(15,2)40)12-14-18(23(19)34)24(35)20(25(36)21(14)32(3)4)26(37)30-31-29(27(38)39)10-5-6-11-29/h7-9,14,16,18,21,31,33,36,40H,5-6,10-12H2,1-4H3,(H,30,37)(H,38,39)/t14-,16+,18?,21+,28?/m1/s1. The number of hydrogen-bond donors (Lipinski definition) is 6. The Morgan fingerprint density at radius 3 is 2.33 bits per heavy atom. The summed E-state index contributed by atoms with van der Waals surface area (Å²) in [5, 5.41) is 44.0. The highest BCUT2D eigenvalue weighted by molar-refractivity contribution is 6.28. The molecule has 40 heavy (non-hydrogen) atoms. The van der Waals surface area contributed by atoms with Crippen LogP contribution in [0.4, 0.5) is 0 Å². The summed E-state index contributed by atoms with van der Waals surface area (Å²) in [6.45, 7) is 3.33. The van der Waals surface area contributed by atoms with Crippen molar-refractivity contribution in [2.45, 2.75) is 63.1 Å². The first kappa shape index (κ1) is 28.0. The molecule has 6 N–H and O–H groups in total. The molecular weight excluding hydrogens is 518 g/mol. The number of amides is 1. The summed E-state index contributed by atoms with van der Waals surface area (Å²) in [5.74, 6) is -7.64. The van der Waals surface area contributed by atoms with Gasteiger partial charge in [-0.25, -0.2) is 5.43 Å². The smallest absolute Gasteiger partial charge is 0.325 e. The quantitative estimate of drug-likeness (QED) is 0.179. The lowest BCUT2D eigenvalue weighted by molar-refractivity contribution is -0.145. The summed E-state index contributed by atoms with van der Waals surface area (Å²) < 4.78 is 0. The van der Waals surface area contributed by atoms with E-state index in [0.29, 0.717) is 29.5 Å². The molecule has 11 heteroatoms. The third-order valence-corrected chi connectivity index (χ3v) is 9.36. The molecule has 214 valence electrons. The van der Waals surface area contributed by atoms with Gasteiger partial charge in [0.05, 0.1) is 17.6 Å². The van der Waals surface area contributed by atoms with Gasteiger partial charge < -0.3 is 20.4 Å². The van der Waals surface area contributed by atoms with Crippen molar-refractivity contribution in [3.05, 3.63) is 51.8 Å². The fourth-order valence-corrected chi connectivity index (χ4v) is 7.30. The van der Waals surface area contributed by atoms with Crippen LogP contribution in [-0.2, 0) is 24.8 Å². The summed E-state index contributed by atoms with van der Waals surface area (Å²) in [6.07, 6.45) is 1.94. The number of carbonyl (C=O) groups is 4. The normalized spacial score (nSPS) is 31.1. The number of benzene rings is 1. The summed E-state index contributed by atoms with van der Waals surface area (Å²) in [7, 11) is 3.29. The van der Waals surface area contributed by atoms with E-state index in [9.17, 15) is 39.6 Å². The number of carboxylic acids is 1. The lowest BCUT2D eigenvalue weighted by Crippen LogP contribution is -2.60. The van der Waals surface area contributed by atoms with Crippen molar-refractivity contribution < 1.29 is 39.6 Å². The van der Waals surface area contributed by atoms with Gasteiger partial charge in [-0.05, 0) is 64.3 Å². The fraction of sp³-hybridized carbons (Fsp3) is 0.517. The second-order valence-corrected chi connectivity index (χ2v) is 11.9. The maximum absolute atomic E-state index is 14.1. The number of aliphatic carboxylic acids is 1. The largest absolute Gasteiger partial charge is 0.510 e. The summed E-state index contributed by atoms with van der Waals surface area (Å²) in [4.78, 5) is 54.7. The van der Waals surface area contributed by atoms with Crippen LogP contribution in [0.3, 0.4) is 0 Å². The molecule has 0 bridgehead atoms. The number of carboxylic acid groups (broad SMARTS) is 1. The van der Waals surface area contributed by atoms with E-state index in [1.165, 1.54) is 0 Å². The third-order valence-electron chi connectivity index (χ3n) is 9.36. The first-order valence-electron chi connectivity index (χ1n) is 13.5. The van der Waals surface area contributed by atoms with E-state index >= 15 is 0 Å². The van der Waals surface area contributed by atoms with E-state index in [0.717, 1.165) is 0 Å². The van der Waals surface area contributed by atoms with Crippen molar-refractivity contribution in [1.29, 1.82) is 0 Å². The molecule has 0 saturated heterocycles. The van der Waals surface area contributed by atoms with Crippen LogP contribution in [0.1, 0.15) is 55.7 Å². The zero-order valence-corrected chi connectivity index (χ0v) is 22.9. The second-order valence-electron chi connectivity index (χ2n) is 11.9. The molecule has 0 aromatic heterocycles. The topological polar surface area (TPSA) is 176 Å². The molecule has 0 aliphatic heterocycles. The molecule has 5 rings (SSSR count). The van der Waals surface area contributed by atoms with Crippen LogP contribution >= 0.6 is 0 Å². The van der Waals surface area contributed by atoms with E-state index in [1.807, 2.05) is 0 Å². The van der Waals surface area contributed by atoms with Crippen LogP contribution in [0.2, 0.25) is 0 Å². The SMILES string of the molecule is Cc1cccc2c1C(O)=C1C(=O)C3C(=O)C(C(=O)NNC4(C(=O)O)CCCC4)=C(O)[C@@H](N(C)C)[C@@H]3C[C@@H]1C2(C)O. The Morgan fingerprint density at radius 1 is 1.07 bits per heavy atom. The van der Waals surface area contributed by atoms with Crippen molar-refractivity contribution in [1.82, 2.24) is 15.8 Å².